The van der Waals surface area contributed by atoms with Gasteiger partial charge in [0.2, 0.25) is 0 Å². The van der Waals surface area contributed by atoms with Crippen LogP contribution in [0.4, 0.5) is 0 Å². The van der Waals surface area contributed by atoms with Crippen molar-refractivity contribution >= 4 is 11.4 Å². The number of aromatic amines is 1. The molecular formula is C41H44N6O5. The zero-order valence-electron chi connectivity index (χ0n) is 30.3. The molecule has 4 aromatic heterocycles. The van der Waals surface area contributed by atoms with Crippen molar-refractivity contribution in [1.29, 1.82) is 0 Å². The number of aliphatic hydroxyl groups is 1. The Hall–Kier alpha value is -5.13. The zero-order chi connectivity index (χ0) is 36.4. The number of carbonyl (C=O) groups is 1. The fraction of sp³-hybridized carbons (Fsp3) is 0.390. The van der Waals surface area contributed by atoms with E-state index in [1.165, 1.54) is 0 Å². The highest BCUT2D eigenvalue weighted by Gasteiger charge is 2.64. The van der Waals surface area contributed by atoms with Gasteiger partial charge in [-0.3, -0.25) is 14.3 Å². The molecule has 9 rings (SSSR count). The van der Waals surface area contributed by atoms with Crippen LogP contribution in [0.3, 0.4) is 0 Å². The molecule has 5 aromatic rings. The lowest BCUT2D eigenvalue weighted by Crippen LogP contribution is -2.64. The summed E-state index contributed by atoms with van der Waals surface area (Å²) in [6.45, 7) is 8.82. The number of aromatic nitrogens is 4. The van der Waals surface area contributed by atoms with Crippen molar-refractivity contribution in [3.05, 3.63) is 116 Å². The van der Waals surface area contributed by atoms with E-state index in [9.17, 15) is 19.8 Å². The van der Waals surface area contributed by atoms with Gasteiger partial charge in [0.15, 0.2) is 11.5 Å². The van der Waals surface area contributed by atoms with Crippen LogP contribution in [0.2, 0.25) is 0 Å². The third kappa shape index (κ3) is 4.48. The third-order valence-corrected chi connectivity index (χ3v) is 12.7. The SMILES string of the molecule is Cc1cc(C)c(CNC(=O)c2cc3cc(-c4ccnn4C)cn3c(C(C)c3cc(O)c4c5c3C[C@@H]3[C@@H]6C=C[C@H](O)[C@H](O4)[C@]56CCN3C)c2C)c(=O)[nH]1. The van der Waals surface area contributed by atoms with E-state index in [1.54, 1.807) is 6.20 Å². The summed E-state index contributed by atoms with van der Waals surface area (Å²) in [4.78, 5) is 32.2. The summed E-state index contributed by atoms with van der Waals surface area (Å²) in [5.41, 5.74) is 9.67. The standard InChI is InChI=1S/C41H44N6O5/c1-20-13-21(2)44-40(51)29(20)18-42-39(50)27-15-25-14-24(31-9-11-43-46(31)6)19-47(25)36(23(27)4)22(3)26-17-34(49)37-35-28(26)16-32-30-7-8-33(48)38(52-37)41(30,35)10-12-45(32)5/h7-9,11,13-15,17,19,22,30,32-33,38,48-49H,10,12,16,18H2,1-6H3,(H,42,50)(H,44,51)/t22?,30-,32+,33-,38-,41-/m0/s1. The predicted molar refractivity (Wildman–Crippen MR) is 197 cm³/mol. The van der Waals surface area contributed by atoms with Gasteiger partial charge in [-0.1, -0.05) is 19.1 Å². The van der Waals surface area contributed by atoms with Crippen molar-refractivity contribution < 1.29 is 19.7 Å². The normalized spacial score (nSPS) is 24.9. The number of H-pyrrole nitrogens is 1. The summed E-state index contributed by atoms with van der Waals surface area (Å²) in [5.74, 6) is 0.220. The molecule has 52 heavy (non-hydrogen) atoms. The first-order valence-electron chi connectivity index (χ1n) is 18.1. The summed E-state index contributed by atoms with van der Waals surface area (Å²) < 4.78 is 10.5. The molecule has 2 aliphatic heterocycles. The second kappa shape index (κ2) is 11.4. The van der Waals surface area contributed by atoms with Gasteiger partial charge in [0.1, 0.15) is 12.2 Å². The number of benzene rings is 1. The Kier molecular flexibility index (Phi) is 7.20. The number of phenolic OH excluding ortho intramolecular Hbond substituents is 1. The number of phenols is 1. The van der Waals surface area contributed by atoms with Gasteiger partial charge < -0.3 is 34.6 Å². The topological polar surface area (TPSA) is 137 Å². The van der Waals surface area contributed by atoms with Crippen LogP contribution in [0.15, 0.2) is 59.7 Å². The van der Waals surface area contributed by atoms with Crippen molar-refractivity contribution in [1.82, 2.24) is 29.4 Å². The van der Waals surface area contributed by atoms with Crippen LogP contribution >= 0.6 is 0 Å². The number of ether oxygens (including phenoxy) is 1. The van der Waals surface area contributed by atoms with Crippen LogP contribution < -0.4 is 15.6 Å². The van der Waals surface area contributed by atoms with Crippen LogP contribution in [0.1, 0.15) is 74.4 Å². The van der Waals surface area contributed by atoms with E-state index in [1.807, 2.05) is 62.8 Å². The number of aromatic hydroxyl groups is 1. The number of aryl methyl sites for hydroxylation is 3. The lowest BCUT2D eigenvalue weighted by Gasteiger charge is -2.56. The lowest BCUT2D eigenvalue weighted by atomic mass is 9.52. The molecule has 1 aromatic carbocycles. The molecule has 268 valence electrons. The van der Waals surface area contributed by atoms with Crippen LogP contribution in [-0.2, 0) is 25.4 Å². The number of likely N-dealkylation sites (N-methyl/N-ethyl adjacent to an activating group) is 1. The molecule has 2 bridgehead atoms. The van der Waals surface area contributed by atoms with Gasteiger partial charge in [-0.15, -0.1) is 0 Å². The lowest BCUT2D eigenvalue weighted by molar-refractivity contribution is -0.0454. The maximum atomic E-state index is 14.1. The number of rotatable bonds is 6. The number of nitrogens with one attached hydrogen (secondary N) is 2. The molecule has 4 N–H and O–H groups in total. The molecule has 1 saturated heterocycles. The number of amides is 1. The fourth-order valence-electron chi connectivity index (χ4n) is 10.2. The molecule has 1 fully saturated rings. The maximum absolute atomic E-state index is 14.1. The molecule has 11 nitrogen and oxygen atoms in total. The van der Waals surface area contributed by atoms with E-state index >= 15 is 0 Å². The van der Waals surface area contributed by atoms with Crippen molar-refractivity contribution in [3.8, 4) is 22.8 Å². The molecular weight excluding hydrogens is 656 g/mol. The van der Waals surface area contributed by atoms with Gasteiger partial charge in [-0.25, -0.2) is 0 Å². The van der Waals surface area contributed by atoms with E-state index in [4.69, 9.17) is 4.74 Å². The van der Waals surface area contributed by atoms with Gasteiger partial charge in [0.25, 0.3) is 11.5 Å². The van der Waals surface area contributed by atoms with Gasteiger partial charge >= 0.3 is 0 Å². The van der Waals surface area contributed by atoms with E-state index in [-0.39, 0.29) is 41.6 Å². The first-order valence-corrected chi connectivity index (χ1v) is 18.1. The number of pyridine rings is 2. The predicted octanol–water partition coefficient (Wildman–Crippen LogP) is 4.55. The van der Waals surface area contributed by atoms with Gasteiger partial charge in [-0.2, -0.15) is 5.10 Å². The summed E-state index contributed by atoms with van der Waals surface area (Å²) in [6, 6.07) is 9.92. The highest BCUT2D eigenvalue weighted by Crippen LogP contribution is 2.63. The van der Waals surface area contributed by atoms with E-state index in [2.05, 4.69) is 57.0 Å². The Morgan fingerprint density at radius 1 is 1.17 bits per heavy atom. The van der Waals surface area contributed by atoms with Crippen LogP contribution in [0.5, 0.6) is 11.5 Å². The monoisotopic (exact) mass is 700 g/mol. The van der Waals surface area contributed by atoms with Crippen molar-refractivity contribution in [2.45, 2.75) is 76.7 Å². The molecule has 0 saturated carbocycles. The number of hydrogen-bond acceptors (Lipinski definition) is 7. The average Bonchev–Trinajstić information content (AvgIpc) is 3.82. The molecule has 11 heteroatoms. The zero-order valence-corrected chi connectivity index (χ0v) is 30.3. The number of piperidine rings is 1. The fourth-order valence-corrected chi connectivity index (χ4v) is 10.2. The Balaban J connectivity index is 1.21. The Labute approximate surface area is 301 Å². The molecule has 2 aliphatic carbocycles. The minimum absolute atomic E-state index is 0.0808. The molecule has 0 radical (unpaired) electrons. The first kappa shape index (κ1) is 32.8. The van der Waals surface area contributed by atoms with E-state index < -0.39 is 17.6 Å². The van der Waals surface area contributed by atoms with Crippen LogP contribution in [0.25, 0.3) is 16.8 Å². The van der Waals surface area contributed by atoms with Crippen molar-refractivity contribution in [2.24, 2.45) is 13.0 Å². The molecule has 6 atom stereocenters. The third-order valence-electron chi connectivity index (χ3n) is 12.7. The first-order chi connectivity index (χ1) is 24.9. The number of nitrogens with zero attached hydrogens (tertiary/aromatic N) is 4. The molecule has 1 spiro atoms. The summed E-state index contributed by atoms with van der Waals surface area (Å²) >= 11 is 0. The number of aliphatic hydroxyl groups excluding tert-OH is 1. The van der Waals surface area contributed by atoms with Crippen molar-refractivity contribution in [2.75, 3.05) is 13.6 Å². The van der Waals surface area contributed by atoms with E-state index in [0.717, 1.165) is 75.4 Å². The molecule has 1 unspecified atom stereocenters. The van der Waals surface area contributed by atoms with Crippen LogP contribution in [-0.4, -0.2) is 72.0 Å². The summed E-state index contributed by atoms with van der Waals surface area (Å²) in [6.07, 6.45) is 8.29. The quantitative estimate of drug-likeness (QED) is 0.191. The molecule has 1 amide bonds. The number of hydrogen-bond donors (Lipinski definition) is 4. The minimum Gasteiger partial charge on any atom is -0.504 e. The molecule has 6 heterocycles. The molecule has 4 aliphatic rings. The Morgan fingerprint density at radius 2 is 1.98 bits per heavy atom. The number of fused-ring (bicyclic) bond motifs is 1. The highest BCUT2D eigenvalue weighted by atomic mass is 16.5. The average molecular weight is 701 g/mol. The minimum atomic E-state index is -0.763. The largest absolute Gasteiger partial charge is 0.504 e. The number of carbonyl (C=O) groups excluding carboxylic acids is 1. The number of likely N-dealkylation sites (tertiary alicyclic amines) is 1. The second-order valence-electron chi connectivity index (χ2n) is 15.4. The second-order valence-corrected chi connectivity index (χ2v) is 15.4. The summed E-state index contributed by atoms with van der Waals surface area (Å²) in [5, 5.41) is 30.4. The summed E-state index contributed by atoms with van der Waals surface area (Å²) in [7, 11) is 4.09. The van der Waals surface area contributed by atoms with Gasteiger partial charge in [0, 0.05) is 88.4 Å². The van der Waals surface area contributed by atoms with Gasteiger partial charge in [-0.05, 0) is 99.8 Å². The Bertz CT molecular complexity index is 2420. The highest BCUT2D eigenvalue weighted by molar-refractivity contribution is 5.97. The van der Waals surface area contributed by atoms with Crippen molar-refractivity contribution in [3.63, 3.8) is 0 Å². The van der Waals surface area contributed by atoms with E-state index in [0.29, 0.717) is 16.9 Å². The Morgan fingerprint density at radius 3 is 2.73 bits per heavy atom. The van der Waals surface area contributed by atoms with Gasteiger partial charge in [0.05, 0.1) is 5.69 Å². The smallest absolute Gasteiger partial charge is 0.253 e. The maximum Gasteiger partial charge on any atom is 0.253 e. The van der Waals surface area contributed by atoms with Crippen LogP contribution in [0, 0.1) is 26.7 Å².